The second-order valence-electron chi connectivity index (χ2n) is 6.61. The molecular formula is C24H35N5S. The van der Waals surface area contributed by atoms with E-state index >= 15 is 0 Å². The fourth-order valence-electron chi connectivity index (χ4n) is 2.79. The summed E-state index contributed by atoms with van der Waals surface area (Å²) in [4.78, 5) is 8.75. The van der Waals surface area contributed by atoms with Crippen molar-refractivity contribution < 1.29 is 0 Å². The minimum atomic E-state index is 0.244. The zero-order chi connectivity index (χ0) is 22.0. The van der Waals surface area contributed by atoms with Gasteiger partial charge >= 0.3 is 0 Å². The molecule has 0 radical (unpaired) electrons. The third-order valence-electron chi connectivity index (χ3n) is 4.23. The van der Waals surface area contributed by atoms with E-state index in [9.17, 15) is 0 Å². The number of hydrogen-bond acceptors (Lipinski definition) is 5. The van der Waals surface area contributed by atoms with E-state index < -0.39 is 0 Å². The van der Waals surface area contributed by atoms with Crippen LogP contribution in [0.3, 0.4) is 0 Å². The van der Waals surface area contributed by atoms with E-state index in [0.29, 0.717) is 6.54 Å². The van der Waals surface area contributed by atoms with Gasteiger partial charge in [0.05, 0.1) is 6.04 Å². The number of nitrogens with two attached hydrogens (primary N) is 1. The predicted molar refractivity (Wildman–Crippen MR) is 135 cm³/mol. The lowest BCUT2D eigenvalue weighted by atomic mass is 10.1. The van der Waals surface area contributed by atoms with E-state index in [0.717, 1.165) is 47.1 Å². The number of aliphatic imine (C=N–C) groups is 1. The molecule has 0 aliphatic carbocycles. The molecule has 2 aromatic rings. The van der Waals surface area contributed by atoms with Gasteiger partial charge in [0.15, 0.2) is 0 Å². The van der Waals surface area contributed by atoms with Gasteiger partial charge in [-0.25, -0.2) is 0 Å². The largest absolute Gasteiger partial charge is 0.330 e. The first-order valence-electron chi connectivity index (χ1n) is 10.3. The van der Waals surface area contributed by atoms with Crippen molar-refractivity contribution in [3.8, 4) is 0 Å². The molecule has 0 saturated carbocycles. The van der Waals surface area contributed by atoms with Crippen LogP contribution in [0.5, 0.6) is 0 Å². The van der Waals surface area contributed by atoms with Gasteiger partial charge in [-0.15, -0.1) is 18.3 Å². The highest BCUT2D eigenvalue weighted by Gasteiger charge is 2.05. The van der Waals surface area contributed by atoms with E-state index in [1.807, 2.05) is 32.4 Å². The first kappa shape index (κ1) is 25.6. The number of nitrogens with one attached hydrogen (secondary N) is 1. The highest BCUT2D eigenvalue weighted by molar-refractivity contribution is 8.13. The number of hydrazone groups is 1. The second-order valence-corrected chi connectivity index (χ2v) is 7.40. The van der Waals surface area contributed by atoms with Gasteiger partial charge in [0, 0.05) is 23.3 Å². The fraction of sp³-hybridized carbons (Fsp3) is 0.375. The first-order valence-corrected chi connectivity index (χ1v) is 11.5. The van der Waals surface area contributed by atoms with Crippen molar-refractivity contribution in [3.05, 3.63) is 67.0 Å². The molecule has 0 spiro atoms. The molecule has 2 rings (SSSR count). The van der Waals surface area contributed by atoms with Crippen LogP contribution in [0.4, 0.5) is 0 Å². The molecule has 1 aromatic heterocycles. The average Bonchev–Trinajstić information content (AvgIpc) is 2.77. The Morgan fingerprint density at radius 2 is 2.07 bits per heavy atom. The van der Waals surface area contributed by atoms with Gasteiger partial charge in [-0.3, -0.25) is 15.4 Å². The first-order chi connectivity index (χ1) is 14.7. The summed E-state index contributed by atoms with van der Waals surface area (Å²) in [7, 11) is 0. The quantitative estimate of drug-likeness (QED) is 0.172. The summed E-state index contributed by atoms with van der Waals surface area (Å²) in [6.07, 6.45) is 17.6. The zero-order valence-electron chi connectivity index (χ0n) is 18.4. The molecule has 1 unspecified atom stereocenters. The number of aromatic nitrogens is 1. The van der Waals surface area contributed by atoms with Gasteiger partial charge in [0.1, 0.15) is 11.4 Å². The predicted octanol–water partition coefficient (Wildman–Crippen LogP) is 5.53. The molecule has 1 atom stereocenters. The Labute approximate surface area is 185 Å². The molecule has 0 aliphatic heterocycles. The minimum absolute atomic E-state index is 0.244. The topological polar surface area (TPSA) is 75.7 Å². The van der Waals surface area contributed by atoms with Crippen LogP contribution in [0.1, 0.15) is 45.1 Å². The lowest BCUT2D eigenvalue weighted by Gasteiger charge is -2.10. The highest BCUT2D eigenvalue weighted by Crippen LogP contribution is 2.18. The van der Waals surface area contributed by atoms with E-state index in [-0.39, 0.29) is 6.04 Å². The number of pyridine rings is 1. The van der Waals surface area contributed by atoms with E-state index in [2.05, 4.69) is 57.4 Å². The second kappa shape index (κ2) is 16.4. The maximum atomic E-state index is 5.71. The van der Waals surface area contributed by atoms with Crippen molar-refractivity contribution in [3.63, 3.8) is 0 Å². The molecule has 0 bridgehead atoms. The molecule has 6 heteroatoms. The number of thioether (sulfide) groups is 1. The monoisotopic (exact) mass is 425 g/mol. The Balaban J connectivity index is 0.00000141. The zero-order valence-corrected chi connectivity index (χ0v) is 19.2. The molecule has 1 heterocycles. The molecule has 1 aromatic carbocycles. The number of nitrogens with zero attached hydrogens (tertiary/aromatic N) is 3. The maximum absolute atomic E-state index is 5.71. The normalized spacial score (nSPS) is 12.7. The van der Waals surface area contributed by atoms with Gasteiger partial charge in [0.2, 0.25) is 0 Å². The van der Waals surface area contributed by atoms with Crippen LogP contribution in [0, 0.1) is 0 Å². The summed E-state index contributed by atoms with van der Waals surface area (Å²) in [5.41, 5.74) is 9.77. The smallest absolute Gasteiger partial charge is 0.123 e. The number of hydrogen-bond donors (Lipinski definition) is 2. The summed E-state index contributed by atoms with van der Waals surface area (Å²) in [6, 6.07) is 8.52. The van der Waals surface area contributed by atoms with Crippen LogP contribution in [0.2, 0.25) is 0 Å². The minimum Gasteiger partial charge on any atom is -0.330 e. The Hall–Kier alpha value is -2.44. The van der Waals surface area contributed by atoms with Crippen LogP contribution in [0.15, 0.2) is 71.6 Å². The van der Waals surface area contributed by atoms with Gasteiger partial charge in [-0.2, -0.15) is 5.10 Å². The number of fused-ring (bicyclic) bond motifs is 1. The van der Waals surface area contributed by atoms with Gasteiger partial charge in [0.25, 0.3) is 0 Å². The van der Waals surface area contributed by atoms with Crippen molar-refractivity contribution in [1.82, 2.24) is 10.4 Å². The third-order valence-corrected chi connectivity index (χ3v) is 4.95. The Bertz CT molecular complexity index is 829. The number of rotatable bonds is 10. The van der Waals surface area contributed by atoms with Crippen LogP contribution in [0.25, 0.3) is 10.8 Å². The summed E-state index contributed by atoms with van der Waals surface area (Å²) < 4.78 is 0. The SMILES string of the molecule is C/C=C\CCCC(CCN)N=CN/N=C(\SC)c1ccc2cnccc2c1.C=CC. The maximum Gasteiger partial charge on any atom is 0.123 e. The van der Waals surface area contributed by atoms with Crippen LogP contribution >= 0.6 is 11.8 Å². The molecule has 0 amide bonds. The molecule has 5 nitrogen and oxygen atoms in total. The van der Waals surface area contributed by atoms with E-state index in [1.165, 1.54) is 0 Å². The van der Waals surface area contributed by atoms with Crippen molar-refractivity contribution in [1.29, 1.82) is 0 Å². The molecule has 0 saturated heterocycles. The van der Waals surface area contributed by atoms with Gasteiger partial charge in [-0.05, 0) is 69.9 Å². The molecule has 0 fully saturated rings. The van der Waals surface area contributed by atoms with Crippen molar-refractivity contribution >= 4 is 33.9 Å². The van der Waals surface area contributed by atoms with Crippen molar-refractivity contribution in [2.24, 2.45) is 15.8 Å². The van der Waals surface area contributed by atoms with Gasteiger partial charge < -0.3 is 5.73 Å². The van der Waals surface area contributed by atoms with E-state index in [1.54, 1.807) is 30.4 Å². The van der Waals surface area contributed by atoms with Crippen LogP contribution in [-0.4, -0.2) is 35.2 Å². The van der Waals surface area contributed by atoms with Crippen LogP contribution < -0.4 is 11.2 Å². The molecule has 3 N–H and O–H groups in total. The van der Waals surface area contributed by atoms with Crippen molar-refractivity contribution in [2.75, 3.05) is 12.8 Å². The summed E-state index contributed by atoms with van der Waals surface area (Å²) in [5.74, 6) is 0. The lowest BCUT2D eigenvalue weighted by Crippen LogP contribution is -2.15. The Morgan fingerprint density at radius 1 is 1.27 bits per heavy atom. The number of benzene rings is 1. The molecule has 162 valence electrons. The molecule has 0 aliphatic rings. The van der Waals surface area contributed by atoms with Gasteiger partial charge in [-0.1, -0.05) is 30.4 Å². The molecular weight excluding hydrogens is 390 g/mol. The summed E-state index contributed by atoms with van der Waals surface area (Å²) in [6.45, 7) is 7.95. The van der Waals surface area contributed by atoms with E-state index in [4.69, 9.17) is 5.73 Å². The number of unbranched alkanes of at least 4 members (excludes halogenated alkanes) is 1. The standard InChI is InChI=1S/C21H29N5S.C3H6/c1-3-4-5-6-7-20(10-12-22)24-16-25-26-21(27-2)18-8-9-19-15-23-13-11-17(19)14-18;1-3-2/h3-4,8-9,11,13-16,20H,5-7,10,12,22H2,1-2H3,(H,24,25);3H,1H2,2H3/b4-3-,26-21-;. The Morgan fingerprint density at radius 3 is 2.77 bits per heavy atom. The van der Waals surface area contributed by atoms with Crippen LogP contribution in [-0.2, 0) is 0 Å². The Kier molecular flexibility index (Phi) is 14.0. The summed E-state index contributed by atoms with van der Waals surface area (Å²) >= 11 is 1.60. The highest BCUT2D eigenvalue weighted by atomic mass is 32.2. The fourth-order valence-corrected chi connectivity index (χ4v) is 3.30. The lowest BCUT2D eigenvalue weighted by molar-refractivity contribution is 0.557. The average molecular weight is 426 g/mol. The third kappa shape index (κ3) is 9.85. The van der Waals surface area contributed by atoms with Crippen molar-refractivity contribution in [2.45, 2.75) is 45.6 Å². The molecule has 30 heavy (non-hydrogen) atoms. The summed E-state index contributed by atoms with van der Waals surface area (Å²) in [5, 5.41) is 7.68. The number of allylic oxidation sites excluding steroid dienone is 3.